The van der Waals surface area contributed by atoms with Crippen LogP contribution in [0.4, 0.5) is 0 Å². The molecule has 6 N–H and O–H groups in total. The molecule has 0 fully saturated rings. The molecule has 0 radical (unpaired) electrons. The van der Waals surface area contributed by atoms with Crippen molar-refractivity contribution in [2.24, 2.45) is 16.5 Å². The van der Waals surface area contributed by atoms with Crippen molar-refractivity contribution in [3.05, 3.63) is 0 Å². The Morgan fingerprint density at radius 2 is 2.00 bits per heavy atom. The monoisotopic (exact) mass is 216 g/mol. The van der Waals surface area contributed by atoms with E-state index in [-0.39, 0.29) is 18.5 Å². The minimum Gasteiger partial charge on any atom is -0.395 e. The quantitative estimate of drug-likeness (QED) is 0.235. The number of carbonyl (C=O) groups excluding carboxylic acids is 1. The zero-order valence-electron chi connectivity index (χ0n) is 8.91. The molecule has 1 amide bonds. The number of nitrogens with zero attached hydrogens (tertiary/aromatic N) is 1. The number of nitrogens with two attached hydrogens (primary N) is 2. The third kappa shape index (κ3) is 10.6. The van der Waals surface area contributed by atoms with Crippen LogP contribution in [0.15, 0.2) is 4.99 Å². The maximum absolute atomic E-state index is 11.1. The van der Waals surface area contributed by atoms with Gasteiger partial charge in [0.15, 0.2) is 5.96 Å². The fourth-order valence-electron chi connectivity index (χ4n) is 1.07. The summed E-state index contributed by atoms with van der Waals surface area (Å²) < 4.78 is 0. The lowest BCUT2D eigenvalue weighted by Crippen LogP contribution is -2.25. The fraction of sp³-hybridized carbons (Fsp3) is 0.778. The van der Waals surface area contributed by atoms with Crippen molar-refractivity contribution in [2.75, 3.05) is 19.7 Å². The van der Waals surface area contributed by atoms with Crippen LogP contribution in [0.3, 0.4) is 0 Å². The Kier molecular flexibility index (Phi) is 8.46. The third-order valence-electron chi connectivity index (χ3n) is 1.79. The first-order chi connectivity index (χ1) is 7.16. The van der Waals surface area contributed by atoms with Crippen LogP contribution in [0.5, 0.6) is 0 Å². The molecule has 0 unspecified atom stereocenters. The first kappa shape index (κ1) is 13.7. The molecule has 0 heterocycles. The van der Waals surface area contributed by atoms with Crippen molar-refractivity contribution in [3.8, 4) is 0 Å². The van der Waals surface area contributed by atoms with Crippen LogP contribution in [0.1, 0.15) is 25.7 Å². The highest BCUT2D eigenvalue weighted by Crippen LogP contribution is 1.99. The lowest BCUT2D eigenvalue weighted by Gasteiger charge is -2.02. The summed E-state index contributed by atoms with van der Waals surface area (Å²) >= 11 is 0. The highest BCUT2D eigenvalue weighted by atomic mass is 16.3. The normalized spacial score (nSPS) is 9.67. The van der Waals surface area contributed by atoms with E-state index in [1.807, 2.05) is 0 Å². The van der Waals surface area contributed by atoms with Gasteiger partial charge in [-0.1, -0.05) is 6.42 Å². The van der Waals surface area contributed by atoms with Gasteiger partial charge in [-0.05, 0) is 12.8 Å². The van der Waals surface area contributed by atoms with Crippen LogP contribution in [-0.2, 0) is 4.79 Å². The summed E-state index contributed by atoms with van der Waals surface area (Å²) in [6, 6.07) is 0. The fourth-order valence-corrected chi connectivity index (χ4v) is 1.07. The van der Waals surface area contributed by atoms with E-state index >= 15 is 0 Å². The Balaban J connectivity index is 3.23. The van der Waals surface area contributed by atoms with E-state index in [0.29, 0.717) is 19.5 Å². The number of unbranched alkanes of at least 4 members (excludes halogenated alkanes) is 2. The van der Waals surface area contributed by atoms with Crippen molar-refractivity contribution >= 4 is 11.9 Å². The van der Waals surface area contributed by atoms with Crippen LogP contribution in [0.2, 0.25) is 0 Å². The van der Waals surface area contributed by atoms with Crippen LogP contribution in [0, 0.1) is 0 Å². The van der Waals surface area contributed by atoms with Crippen molar-refractivity contribution in [2.45, 2.75) is 25.7 Å². The molecule has 0 aliphatic carbocycles. The SMILES string of the molecule is NC(N)=NCCCCCC(=O)NCCO. The predicted molar refractivity (Wildman–Crippen MR) is 59.2 cm³/mol. The maximum Gasteiger partial charge on any atom is 0.220 e. The Hall–Kier alpha value is -1.30. The van der Waals surface area contributed by atoms with Gasteiger partial charge in [0.05, 0.1) is 6.61 Å². The second kappa shape index (κ2) is 9.26. The van der Waals surface area contributed by atoms with Crippen molar-refractivity contribution in [1.29, 1.82) is 0 Å². The summed E-state index contributed by atoms with van der Waals surface area (Å²) in [4.78, 5) is 14.9. The standard InChI is InChI=1S/C9H20N4O2/c10-9(11)13-5-3-1-2-4-8(15)12-6-7-14/h14H,1-7H2,(H,12,15)(H4,10,11,13). The number of aliphatic imine (C=N–C) groups is 1. The van der Waals surface area contributed by atoms with Gasteiger partial charge in [-0.3, -0.25) is 9.79 Å². The van der Waals surface area contributed by atoms with Gasteiger partial charge in [-0.15, -0.1) is 0 Å². The van der Waals surface area contributed by atoms with E-state index in [1.54, 1.807) is 0 Å². The lowest BCUT2D eigenvalue weighted by atomic mass is 10.2. The minimum absolute atomic E-state index is 0.0176. The molecule has 0 saturated carbocycles. The molecule has 0 atom stereocenters. The summed E-state index contributed by atoms with van der Waals surface area (Å²) in [5.41, 5.74) is 10.3. The van der Waals surface area contributed by atoms with Crippen molar-refractivity contribution in [1.82, 2.24) is 5.32 Å². The van der Waals surface area contributed by atoms with Crippen molar-refractivity contribution in [3.63, 3.8) is 0 Å². The lowest BCUT2D eigenvalue weighted by molar-refractivity contribution is -0.121. The van der Waals surface area contributed by atoms with Gasteiger partial charge < -0.3 is 21.9 Å². The number of rotatable bonds is 8. The van der Waals surface area contributed by atoms with Crippen LogP contribution in [0.25, 0.3) is 0 Å². The number of amides is 1. The Bertz CT molecular complexity index is 202. The number of hydrogen-bond acceptors (Lipinski definition) is 3. The molecule has 15 heavy (non-hydrogen) atoms. The first-order valence-electron chi connectivity index (χ1n) is 5.09. The number of carbonyl (C=O) groups is 1. The molecule has 0 aromatic rings. The summed E-state index contributed by atoms with van der Waals surface area (Å²) in [5, 5.41) is 11.0. The van der Waals surface area contributed by atoms with Crippen LogP contribution >= 0.6 is 0 Å². The highest BCUT2D eigenvalue weighted by Gasteiger charge is 1.98. The Morgan fingerprint density at radius 3 is 2.60 bits per heavy atom. The first-order valence-corrected chi connectivity index (χ1v) is 5.09. The molecular weight excluding hydrogens is 196 g/mol. The van der Waals surface area contributed by atoms with Crippen molar-refractivity contribution < 1.29 is 9.90 Å². The minimum atomic E-state index is -0.0223. The summed E-state index contributed by atoms with van der Waals surface area (Å²) in [5.74, 6) is 0.0848. The second-order valence-electron chi connectivity index (χ2n) is 3.19. The molecule has 0 bridgehead atoms. The second-order valence-corrected chi connectivity index (χ2v) is 3.19. The number of hydrogen-bond donors (Lipinski definition) is 4. The van der Waals surface area contributed by atoms with Gasteiger partial charge >= 0.3 is 0 Å². The van der Waals surface area contributed by atoms with E-state index in [0.717, 1.165) is 19.3 Å². The number of aliphatic hydroxyl groups is 1. The maximum atomic E-state index is 11.1. The van der Waals surface area contributed by atoms with Gasteiger partial charge in [0.1, 0.15) is 0 Å². The predicted octanol–water partition coefficient (Wildman–Crippen LogP) is -1.07. The van der Waals surface area contributed by atoms with E-state index in [9.17, 15) is 4.79 Å². The molecule has 0 aliphatic heterocycles. The molecule has 0 aromatic heterocycles. The molecule has 6 heteroatoms. The molecule has 6 nitrogen and oxygen atoms in total. The van der Waals surface area contributed by atoms with Crippen LogP contribution in [-0.4, -0.2) is 36.7 Å². The van der Waals surface area contributed by atoms with E-state index < -0.39 is 0 Å². The van der Waals surface area contributed by atoms with Gasteiger partial charge in [0.2, 0.25) is 5.91 Å². The van der Waals surface area contributed by atoms with E-state index in [1.165, 1.54) is 0 Å². The van der Waals surface area contributed by atoms with Gasteiger partial charge in [-0.2, -0.15) is 0 Å². The number of guanidine groups is 1. The van der Waals surface area contributed by atoms with E-state index in [2.05, 4.69) is 10.3 Å². The molecule has 88 valence electrons. The van der Waals surface area contributed by atoms with Gasteiger partial charge in [0, 0.05) is 19.5 Å². The van der Waals surface area contributed by atoms with Gasteiger partial charge in [0.25, 0.3) is 0 Å². The smallest absolute Gasteiger partial charge is 0.220 e. The molecule has 0 rings (SSSR count). The molecule has 0 aromatic carbocycles. The highest BCUT2D eigenvalue weighted by molar-refractivity contribution is 5.76. The molecular formula is C9H20N4O2. The van der Waals surface area contributed by atoms with Crippen LogP contribution < -0.4 is 16.8 Å². The number of aliphatic hydroxyl groups excluding tert-OH is 1. The largest absolute Gasteiger partial charge is 0.395 e. The summed E-state index contributed by atoms with van der Waals surface area (Å²) in [6.07, 6.45) is 3.10. The Morgan fingerprint density at radius 1 is 1.27 bits per heavy atom. The average molecular weight is 216 g/mol. The summed E-state index contributed by atoms with van der Waals surface area (Å²) in [6.45, 7) is 0.920. The zero-order valence-corrected chi connectivity index (χ0v) is 8.91. The average Bonchev–Trinajstić information content (AvgIpc) is 2.19. The molecule has 0 aliphatic rings. The van der Waals surface area contributed by atoms with E-state index in [4.69, 9.17) is 16.6 Å². The summed E-state index contributed by atoms with van der Waals surface area (Å²) in [7, 11) is 0. The topological polar surface area (TPSA) is 114 Å². The molecule has 0 saturated heterocycles. The third-order valence-corrected chi connectivity index (χ3v) is 1.79. The Labute approximate surface area is 89.7 Å². The zero-order chi connectivity index (χ0) is 11.5. The number of nitrogens with one attached hydrogen (secondary N) is 1. The van der Waals surface area contributed by atoms with Gasteiger partial charge in [-0.25, -0.2) is 0 Å². The molecule has 0 spiro atoms.